The number of nitrogens with one attached hydrogen (secondary N) is 2. The van der Waals surface area contributed by atoms with Crippen molar-refractivity contribution in [2.75, 3.05) is 18.5 Å². The third-order valence-electron chi connectivity index (χ3n) is 3.27. The van der Waals surface area contributed by atoms with E-state index in [0.29, 0.717) is 6.42 Å². The molecule has 1 aliphatic heterocycles. The van der Waals surface area contributed by atoms with Gasteiger partial charge in [-0.1, -0.05) is 6.92 Å². The quantitative estimate of drug-likeness (QED) is 0.767. The first-order valence-electron chi connectivity index (χ1n) is 6.93. The summed E-state index contributed by atoms with van der Waals surface area (Å²) in [6, 6.07) is 3.06. The number of benzene rings is 1. The van der Waals surface area contributed by atoms with E-state index in [1.165, 1.54) is 12.1 Å². The first kappa shape index (κ1) is 17.1. The molecule has 1 heterocycles. The molecule has 0 spiro atoms. The third kappa shape index (κ3) is 4.13. The number of carbonyl (C=O) groups is 1. The number of hydrogen-bond acceptors (Lipinski definition) is 5. The molecule has 0 bridgehead atoms. The van der Waals surface area contributed by atoms with Gasteiger partial charge in [0.15, 0.2) is 6.61 Å². The minimum absolute atomic E-state index is 0.0872. The van der Waals surface area contributed by atoms with E-state index in [9.17, 15) is 18.0 Å². The molecule has 0 fully saturated rings. The Labute approximate surface area is 130 Å². The SMILES string of the molecule is CC[C@H](CO)Nc1ccc(C2=NNC(=O)CO2)cc1C(F)(F)F. The van der Waals surface area contributed by atoms with Gasteiger partial charge in [-0.05, 0) is 24.6 Å². The fourth-order valence-corrected chi connectivity index (χ4v) is 1.99. The van der Waals surface area contributed by atoms with Crippen molar-refractivity contribution in [1.29, 1.82) is 0 Å². The first-order valence-corrected chi connectivity index (χ1v) is 6.93. The molecule has 1 atom stereocenters. The number of nitrogens with zero attached hydrogens (tertiary/aromatic N) is 1. The van der Waals surface area contributed by atoms with E-state index in [1.54, 1.807) is 6.92 Å². The zero-order valence-electron chi connectivity index (χ0n) is 12.3. The van der Waals surface area contributed by atoms with Crippen LogP contribution < -0.4 is 10.7 Å². The number of halogens is 3. The summed E-state index contributed by atoms with van der Waals surface area (Å²) in [5.74, 6) is -0.562. The van der Waals surface area contributed by atoms with Crippen molar-refractivity contribution in [3.63, 3.8) is 0 Å². The van der Waals surface area contributed by atoms with Crippen molar-refractivity contribution in [3.8, 4) is 0 Å². The van der Waals surface area contributed by atoms with Gasteiger partial charge in [0.25, 0.3) is 5.91 Å². The molecule has 1 amide bonds. The lowest BCUT2D eigenvalue weighted by molar-refractivity contribution is -0.137. The Kier molecular flexibility index (Phi) is 5.09. The second-order valence-electron chi connectivity index (χ2n) is 4.93. The van der Waals surface area contributed by atoms with E-state index < -0.39 is 23.7 Å². The molecule has 1 aliphatic rings. The van der Waals surface area contributed by atoms with Gasteiger partial charge in [-0.2, -0.15) is 13.2 Å². The van der Waals surface area contributed by atoms with Crippen LogP contribution in [0.2, 0.25) is 0 Å². The number of rotatable bonds is 5. The summed E-state index contributed by atoms with van der Waals surface area (Å²) < 4.78 is 44.8. The van der Waals surface area contributed by atoms with Gasteiger partial charge in [-0.15, -0.1) is 5.10 Å². The van der Waals surface area contributed by atoms with E-state index in [2.05, 4.69) is 15.8 Å². The number of hydrazone groups is 1. The number of aliphatic hydroxyl groups excluding tert-OH is 1. The van der Waals surface area contributed by atoms with E-state index in [4.69, 9.17) is 9.84 Å². The third-order valence-corrected chi connectivity index (χ3v) is 3.27. The van der Waals surface area contributed by atoms with Crippen molar-refractivity contribution in [2.45, 2.75) is 25.6 Å². The molecule has 0 saturated carbocycles. The zero-order chi connectivity index (χ0) is 17.0. The van der Waals surface area contributed by atoms with Crippen molar-refractivity contribution >= 4 is 17.5 Å². The molecule has 0 aliphatic carbocycles. The maximum absolute atomic E-state index is 13.3. The second kappa shape index (κ2) is 6.86. The fourth-order valence-electron chi connectivity index (χ4n) is 1.99. The largest absolute Gasteiger partial charge is 0.466 e. The highest BCUT2D eigenvalue weighted by Gasteiger charge is 2.35. The number of carbonyl (C=O) groups excluding carboxylic acids is 1. The van der Waals surface area contributed by atoms with E-state index in [-0.39, 0.29) is 30.4 Å². The molecule has 126 valence electrons. The summed E-state index contributed by atoms with van der Waals surface area (Å²) in [7, 11) is 0. The lowest BCUT2D eigenvalue weighted by atomic mass is 10.1. The normalized spacial score (nSPS) is 16.2. The van der Waals surface area contributed by atoms with Crippen LogP contribution in [-0.4, -0.2) is 36.2 Å². The average Bonchev–Trinajstić information content (AvgIpc) is 2.52. The molecule has 0 radical (unpaired) electrons. The molecular weight excluding hydrogens is 315 g/mol. The molecule has 0 aromatic heterocycles. The van der Waals surface area contributed by atoms with Gasteiger partial charge in [0.05, 0.1) is 12.2 Å². The van der Waals surface area contributed by atoms with Gasteiger partial charge >= 0.3 is 6.18 Å². The second-order valence-corrected chi connectivity index (χ2v) is 4.93. The van der Waals surface area contributed by atoms with Crippen LogP contribution in [0.5, 0.6) is 0 Å². The van der Waals surface area contributed by atoms with Crippen LogP contribution in [-0.2, 0) is 15.7 Å². The predicted molar refractivity (Wildman–Crippen MR) is 76.9 cm³/mol. The molecule has 6 nitrogen and oxygen atoms in total. The monoisotopic (exact) mass is 331 g/mol. The summed E-state index contributed by atoms with van der Waals surface area (Å²) >= 11 is 0. The maximum Gasteiger partial charge on any atom is 0.418 e. The van der Waals surface area contributed by atoms with Crippen LogP contribution in [0, 0.1) is 0 Å². The number of alkyl halides is 3. The van der Waals surface area contributed by atoms with Crippen LogP contribution in [0.15, 0.2) is 23.3 Å². The molecular formula is C14H16F3N3O3. The fraction of sp³-hybridized carbons (Fsp3) is 0.429. The lowest BCUT2D eigenvalue weighted by Crippen LogP contribution is -2.32. The molecule has 2 rings (SSSR count). The van der Waals surface area contributed by atoms with E-state index in [0.717, 1.165) is 6.07 Å². The van der Waals surface area contributed by atoms with Gasteiger partial charge in [0.1, 0.15) is 0 Å². The highest BCUT2D eigenvalue weighted by Crippen LogP contribution is 2.36. The van der Waals surface area contributed by atoms with Crippen LogP contribution >= 0.6 is 0 Å². The molecule has 0 unspecified atom stereocenters. The van der Waals surface area contributed by atoms with Gasteiger partial charge in [-0.25, -0.2) is 5.43 Å². The highest BCUT2D eigenvalue weighted by atomic mass is 19.4. The first-order chi connectivity index (χ1) is 10.8. The number of anilines is 1. The Bertz CT molecular complexity index is 613. The number of hydrogen-bond donors (Lipinski definition) is 3. The van der Waals surface area contributed by atoms with E-state index in [1.807, 2.05) is 0 Å². The molecule has 23 heavy (non-hydrogen) atoms. The van der Waals surface area contributed by atoms with Crippen molar-refractivity contribution < 1.29 is 27.8 Å². The summed E-state index contributed by atoms with van der Waals surface area (Å²) in [4.78, 5) is 11.0. The maximum atomic E-state index is 13.3. The number of ether oxygens (including phenoxy) is 1. The van der Waals surface area contributed by atoms with E-state index >= 15 is 0 Å². The van der Waals surface area contributed by atoms with Crippen molar-refractivity contribution in [3.05, 3.63) is 29.3 Å². The average molecular weight is 331 g/mol. The van der Waals surface area contributed by atoms with Crippen LogP contribution in [0.25, 0.3) is 0 Å². The topological polar surface area (TPSA) is 83.0 Å². The Hall–Kier alpha value is -2.29. The molecule has 3 N–H and O–H groups in total. The highest BCUT2D eigenvalue weighted by molar-refractivity contribution is 5.98. The summed E-state index contributed by atoms with van der Waals surface area (Å²) in [6.45, 7) is 1.17. The Morgan fingerprint density at radius 2 is 2.22 bits per heavy atom. The molecule has 1 aromatic carbocycles. The minimum Gasteiger partial charge on any atom is -0.466 e. The summed E-state index contributed by atoms with van der Waals surface area (Å²) in [6.07, 6.45) is -4.12. The Balaban J connectivity index is 2.37. The van der Waals surface area contributed by atoms with Gasteiger partial charge in [0.2, 0.25) is 5.90 Å². The standard InChI is InChI=1S/C14H16F3N3O3/c1-2-9(6-21)18-11-4-3-8(5-10(11)14(15,16)17)13-20-19-12(22)7-23-13/h3-5,9,18,21H,2,6-7H2,1H3,(H,19,22)/t9-/m1/s1. The molecule has 1 aromatic rings. The predicted octanol–water partition coefficient (Wildman–Crippen LogP) is 1.70. The summed E-state index contributed by atoms with van der Waals surface area (Å²) in [5.41, 5.74) is 1.21. The van der Waals surface area contributed by atoms with Crippen LogP contribution in [0.4, 0.5) is 18.9 Å². The van der Waals surface area contributed by atoms with Crippen molar-refractivity contribution in [1.82, 2.24) is 5.43 Å². The Morgan fingerprint density at radius 1 is 1.48 bits per heavy atom. The number of amides is 1. The molecule has 0 saturated heterocycles. The minimum atomic E-state index is -4.59. The number of aliphatic hydroxyl groups is 1. The van der Waals surface area contributed by atoms with Crippen LogP contribution in [0.1, 0.15) is 24.5 Å². The van der Waals surface area contributed by atoms with Crippen LogP contribution in [0.3, 0.4) is 0 Å². The zero-order valence-corrected chi connectivity index (χ0v) is 12.3. The van der Waals surface area contributed by atoms with Gasteiger partial charge < -0.3 is 15.2 Å². The smallest absolute Gasteiger partial charge is 0.418 e. The Morgan fingerprint density at radius 3 is 2.74 bits per heavy atom. The molecule has 9 heteroatoms. The summed E-state index contributed by atoms with van der Waals surface area (Å²) in [5, 5.41) is 15.4. The lowest BCUT2D eigenvalue weighted by Gasteiger charge is -2.21. The van der Waals surface area contributed by atoms with Gasteiger partial charge in [0, 0.05) is 17.3 Å². The van der Waals surface area contributed by atoms with Gasteiger partial charge in [-0.3, -0.25) is 4.79 Å². The van der Waals surface area contributed by atoms with Crippen molar-refractivity contribution in [2.24, 2.45) is 5.10 Å².